The Morgan fingerprint density at radius 1 is 1.14 bits per heavy atom. The molecule has 1 aliphatic rings. The van der Waals surface area contributed by atoms with E-state index in [4.69, 9.17) is 9.47 Å². The molecule has 0 bridgehead atoms. The Labute approximate surface area is 171 Å². The fourth-order valence-electron chi connectivity index (χ4n) is 3.47. The highest BCUT2D eigenvalue weighted by Gasteiger charge is 2.21. The van der Waals surface area contributed by atoms with E-state index in [9.17, 15) is 4.79 Å². The summed E-state index contributed by atoms with van der Waals surface area (Å²) < 4.78 is 10.7. The quantitative estimate of drug-likeness (QED) is 0.735. The van der Waals surface area contributed by atoms with E-state index in [1.54, 1.807) is 25.6 Å². The predicted molar refractivity (Wildman–Crippen MR) is 112 cm³/mol. The summed E-state index contributed by atoms with van der Waals surface area (Å²) in [6.45, 7) is 7.20. The molecule has 0 spiro atoms. The Morgan fingerprint density at radius 2 is 1.89 bits per heavy atom. The Balaban J connectivity index is 1.48. The van der Waals surface area contributed by atoms with Crippen LogP contribution >= 0.6 is 11.3 Å². The first-order valence-corrected chi connectivity index (χ1v) is 10.5. The molecular formula is C21H29N3O3S. The van der Waals surface area contributed by atoms with Gasteiger partial charge in [-0.05, 0) is 36.6 Å². The Hall–Kier alpha value is -2.09. The maximum Gasteiger partial charge on any atom is 0.234 e. The summed E-state index contributed by atoms with van der Waals surface area (Å²) in [6.07, 6.45) is 0. The number of amides is 1. The molecule has 3 rings (SSSR count). The lowest BCUT2D eigenvalue weighted by atomic mass is 10.1. The second-order valence-electron chi connectivity index (χ2n) is 7.03. The molecule has 1 unspecified atom stereocenters. The fourth-order valence-corrected chi connectivity index (χ4v) is 4.22. The zero-order valence-corrected chi connectivity index (χ0v) is 17.6. The minimum atomic E-state index is -0.155. The summed E-state index contributed by atoms with van der Waals surface area (Å²) in [6, 6.07) is 9.75. The molecule has 1 amide bonds. The average Bonchev–Trinajstić information content (AvgIpc) is 3.22. The lowest BCUT2D eigenvalue weighted by molar-refractivity contribution is -0.123. The number of carbonyl (C=O) groups is 1. The number of piperazine rings is 1. The predicted octanol–water partition coefficient (Wildman–Crippen LogP) is 2.76. The van der Waals surface area contributed by atoms with E-state index in [1.165, 1.54) is 4.88 Å². The van der Waals surface area contributed by atoms with E-state index in [-0.39, 0.29) is 11.9 Å². The Morgan fingerprint density at radius 3 is 2.54 bits per heavy atom. The summed E-state index contributed by atoms with van der Waals surface area (Å²) in [5.41, 5.74) is 0.913. The van der Waals surface area contributed by atoms with Crippen LogP contribution in [0.2, 0.25) is 0 Å². The van der Waals surface area contributed by atoms with Crippen molar-refractivity contribution < 1.29 is 14.3 Å². The fraction of sp³-hybridized carbons (Fsp3) is 0.476. The molecule has 1 atom stereocenters. The molecule has 1 N–H and O–H groups in total. The number of hydrogen-bond donors (Lipinski definition) is 1. The highest BCUT2D eigenvalue weighted by molar-refractivity contribution is 7.09. The van der Waals surface area contributed by atoms with E-state index >= 15 is 0 Å². The van der Waals surface area contributed by atoms with Gasteiger partial charge in [-0.1, -0.05) is 6.07 Å². The third kappa shape index (κ3) is 5.47. The molecule has 2 heterocycles. The van der Waals surface area contributed by atoms with Gasteiger partial charge in [-0.25, -0.2) is 0 Å². The van der Waals surface area contributed by atoms with E-state index in [2.05, 4.69) is 32.6 Å². The van der Waals surface area contributed by atoms with Gasteiger partial charge in [0.1, 0.15) is 11.5 Å². The van der Waals surface area contributed by atoms with Crippen LogP contribution in [0.4, 0.5) is 0 Å². The van der Waals surface area contributed by atoms with Crippen molar-refractivity contribution in [1.29, 1.82) is 0 Å². The van der Waals surface area contributed by atoms with Crippen LogP contribution in [0.25, 0.3) is 0 Å². The highest BCUT2D eigenvalue weighted by Crippen LogP contribution is 2.29. The summed E-state index contributed by atoms with van der Waals surface area (Å²) in [5.74, 6) is 1.53. The van der Waals surface area contributed by atoms with Gasteiger partial charge in [-0.2, -0.15) is 0 Å². The van der Waals surface area contributed by atoms with Crippen LogP contribution in [-0.4, -0.2) is 62.7 Å². The number of hydrogen-bond acceptors (Lipinski definition) is 6. The Bertz CT molecular complexity index is 758. The van der Waals surface area contributed by atoms with Gasteiger partial charge < -0.3 is 14.8 Å². The number of methoxy groups -OCH3 is 2. The molecule has 6 nitrogen and oxygen atoms in total. The van der Waals surface area contributed by atoms with Gasteiger partial charge in [0, 0.05) is 43.2 Å². The van der Waals surface area contributed by atoms with Gasteiger partial charge in [-0.3, -0.25) is 14.6 Å². The monoisotopic (exact) mass is 403 g/mol. The van der Waals surface area contributed by atoms with Gasteiger partial charge in [0.2, 0.25) is 5.91 Å². The molecular weight excluding hydrogens is 374 g/mol. The number of nitrogens with zero attached hydrogens (tertiary/aromatic N) is 2. The molecule has 1 aromatic heterocycles. The summed E-state index contributed by atoms with van der Waals surface area (Å²) >= 11 is 1.80. The Kier molecular flexibility index (Phi) is 7.30. The number of rotatable bonds is 8. The molecule has 0 saturated carbocycles. The normalized spacial score (nSPS) is 16.5. The molecule has 152 valence electrons. The summed E-state index contributed by atoms with van der Waals surface area (Å²) in [4.78, 5) is 18.6. The van der Waals surface area contributed by atoms with Crippen LogP contribution in [0.3, 0.4) is 0 Å². The zero-order chi connectivity index (χ0) is 19.9. The maximum absolute atomic E-state index is 12.6. The largest absolute Gasteiger partial charge is 0.497 e. The lowest BCUT2D eigenvalue weighted by Crippen LogP contribution is -2.49. The number of thiophene rings is 1. The van der Waals surface area contributed by atoms with Crippen molar-refractivity contribution in [3.05, 3.63) is 46.2 Å². The van der Waals surface area contributed by atoms with Crippen molar-refractivity contribution in [3.63, 3.8) is 0 Å². The van der Waals surface area contributed by atoms with Crippen molar-refractivity contribution in [2.75, 3.05) is 46.9 Å². The van der Waals surface area contributed by atoms with Crippen LogP contribution < -0.4 is 14.8 Å². The number of benzene rings is 1. The second-order valence-corrected chi connectivity index (χ2v) is 8.06. The molecule has 2 aromatic rings. The van der Waals surface area contributed by atoms with E-state index in [0.717, 1.165) is 49.8 Å². The third-order valence-electron chi connectivity index (χ3n) is 5.07. The maximum atomic E-state index is 12.6. The molecule has 1 fully saturated rings. The molecule has 7 heteroatoms. The van der Waals surface area contributed by atoms with Crippen molar-refractivity contribution in [2.45, 2.75) is 19.5 Å². The summed E-state index contributed by atoms with van der Waals surface area (Å²) in [5, 5.41) is 5.21. The minimum absolute atomic E-state index is 0.0316. The molecule has 0 radical (unpaired) electrons. The van der Waals surface area contributed by atoms with Crippen molar-refractivity contribution in [3.8, 4) is 11.5 Å². The first-order chi connectivity index (χ1) is 13.6. The minimum Gasteiger partial charge on any atom is -0.497 e. The second kappa shape index (κ2) is 9.91. The van der Waals surface area contributed by atoms with Gasteiger partial charge in [0.05, 0.1) is 26.8 Å². The van der Waals surface area contributed by atoms with E-state index in [0.29, 0.717) is 6.54 Å². The van der Waals surface area contributed by atoms with Crippen LogP contribution in [0.15, 0.2) is 35.7 Å². The van der Waals surface area contributed by atoms with Crippen LogP contribution in [0.5, 0.6) is 11.5 Å². The average molecular weight is 404 g/mol. The third-order valence-corrected chi connectivity index (χ3v) is 5.93. The van der Waals surface area contributed by atoms with Crippen molar-refractivity contribution >= 4 is 17.2 Å². The number of carbonyl (C=O) groups excluding carboxylic acids is 1. The smallest absolute Gasteiger partial charge is 0.234 e. The van der Waals surface area contributed by atoms with Crippen LogP contribution in [0, 0.1) is 0 Å². The van der Waals surface area contributed by atoms with Gasteiger partial charge in [0.25, 0.3) is 0 Å². The topological polar surface area (TPSA) is 54.0 Å². The first kappa shape index (κ1) is 20.6. The van der Waals surface area contributed by atoms with Crippen LogP contribution in [-0.2, 0) is 11.3 Å². The zero-order valence-electron chi connectivity index (χ0n) is 16.8. The standard InChI is InChI=1S/C21H29N3O3S/c1-16(19-13-17(26-2)6-7-20(19)27-3)22-21(25)15-24-10-8-23(9-11-24)14-18-5-4-12-28-18/h4-7,12-13,16H,8-11,14-15H2,1-3H3,(H,22,25). The van der Waals surface area contributed by atoms with Crippen LogP contribution in [0.1, 0.15) is 23.4 Å². The van der Waals surface area contributed by atoms with E-state index in [1.807, 2.05) is 25.1 Å². The number of ether oxygens (including phenoxy) is 2. The lowest BCUT2D eigenvalue weighted by Gasteiger charge is -2.34. The summed E-state index contributed by atoms with van der Waals surface area (Å²) in [7, 11) is 3.27. The van der Waals surface area contributed by atoms with E-state index < -0.39 is 0 Å². The molecule has 28 heavy (non-hydrogen) atoms. The van der Waals surface area contributed by atoms with Gasteiger partial charge in [0.15, 0.2) is 0 Å². The van der Waals surface area contributed by atoms with Gasteiger partial charge in [-0.15, -0.1) is 11.3 Å². The first-order valence-electron chi connectivity index (χ1n) is 9.57. The molecule has 1 aliphatic heterocycles. The van der Waals surface area contributed by atoms with Crippen molar-refractivity contribution in [1.82, 2.24) is 15.1 Å². The molecule has 1 aromatic carbocycles. The molecule has 1 saturated heterocycles. The SMILES string of the molecule is COc1ccc(OC)c(C(C)NC(=O)CN2CCN(Cc3cccs3)CC2)c1. The number of nitrogens with one attached hydrogen (secondary N) is 1. The van der Waals surface area contributed by atoms with Gasteiger partial charge >= 0.3 is 0 Å². The highest BCUT2D eigenvalue weighted by atomic mass is 32.1. The van der Waals surface area contributed by atoms with Crippen molar-refractivity contribution in [2.24, 2.45) is 0 Å². The molecule has 0 aliphatic carbocycles.